The van der Waals surface area contributed by atoms with Gasteiger partial charge in [-0.1, -0.05) is 19.9 Å². The molecule has 1 aromatic carbocycles. The average Bonchev–Trinajstić information content (AvgIpc) is 2.27. The highest BCUT2D eigenvalue weighted by atomic mass is 19.4. The smallest absolute Gasteiger partial charge is 0.393 e. The molecule has 0 saturated heterocycles. The van der Waals surface area contributed by atoms with E-state index < -0.39 is 28.5 Å². The molecule has 0 radical (unpaired) electrons. The van der Waals surface area contributed by atoms with Gasteiger partial charge in [0.2, 0.25) is 0 Å². The zero-order valence-electron chi connectivity index (χ0n) is 10.4. The molecule has 0 aliphatic rings. The van der Waals surface area contributed by atoms with Gasteiger partial charge in [0.15, 0.2) is 0 Å². The predicted molar refractivity (Wildman–Crippen MR) is 62.6 cm³/mol. The minimum Gasteiger partial charge on any atom is -0.393 e. The summed E-state index contributed by atoms with van der Waals surface area (Å²) >= 11 is 0. The highest BCUT2D eigenvalue weighted by Gasteiger charge is 2.38. The molecule has 7 heteroatoms. The SMILES string of the molecule is CC(C)C(O)Cc1ccc([N+](=O)[O-])c(C(F)(F)F)c1. The lowest BCUT2D eigenvalue weighted by Gasteiger charge is -2.15. The summed E-state index contributed by atoms with van der Waals surface area (Å²) in [5.74, 6) is -0.107. The van der Waals surface area contributed by atoms with Crippen molar-refractivity contribution in [3.8, 4) is 0 Å². The van der Waals surface area contributed by atoms with E-state index in [0.29, 0.717) is 0 Å². The number of nitro benzene ring substituents is 1. The Bertz CT molecular complexity index is 472. The summed E-state index contributed by atoms with van der Waals surface area (Å²) in [4.78, 5) is 9.50. The molecule has 0 heterocycles. The number of aliphatic hydroxyl groups is 1. The minimum atomic E-state index is -4.79. The van der Waals surface area contributed by atoms with Crippen LogP contribution in [-0.4, -0.2) is 16.1 Å². The zero-order chi connectivity index (χ0) is 14.8. The van der Waals surface area contributed by atoms with E-state index in [2.05, 4.69) is 0 Å². The molecule has 106 valence electrons. The molecule has 4 nitrogen and oxygen atoms in total. The largest absolute Gasteiger partial charge is 0.423 e. The monoisotopic (exact) mass is 277 g/mol. The molecule has 0 spiro atoms. The molecule has 0 fully saturated rings. The Morgan fingerprint density at radius 3 is 2.37 bits per heavy atom. The molecule has 0 aromatic heterocycles. The Morgan fingerprint density at radius 1 is 1.37 bits per heavy atom. The molecule has 0 aliphatic heterocycles. The van der Waals surface area contributed by atoms with Gasteiger partial charge >= 0.3 is 6.18 Å². The van der Waals surface area contributed by atoms with E-state index in [1.165, 1.54) is 6.07 Å². The molecule has 0 aliphatic carbocycles. The first-order chi connectivity index (χ1) is 8.62. The minimum absolute atomic E-state index is 0.0265. The molecule has 0 amide bonds. The van der Waals surface area contributed by atoms with Crippen molar-refractivity contribution in [1.82, 2.24) is 0 Å². The molecule has 19 heavy (non-hydrogen) atoms. The summed E-state index contributed by atoms with van der Waals surface area (Å²) in [7, 11) is 0. The number of hydrogen-bond donors (Lipinski definition) is 1. The standard InChI is InChI=1S/C12H14F3NO3/c1-7(2)11(17)6-8-3-4-10(16(18)19)9(5-8)12(13,14)15/h3-5,7,11,17H,6H2,1-2H3. The van der Waals surface area contributed by atoms with Crippen LogP contribution in [0.25, 0.3) is 0 Å². The van der Waals surface area contributed by atoms with Gasteiger partial charge in [-0.15, -0.1) is 0 Å². The highest BCUT2D eigenvalue weighted by molar-refractivity contribution is 5.44. The van der Waals surface area contributed by atoms with Crippen LogP contribution in [0.5, 0.6) is 0 Å². The second kappa shape index (κ2) is 5.56. The maximum atomic E-state index is 12.7. The van der Waals surface area contributed by atoms with Gasteiger partial charge in [-0.3, -0.25) is 10.1 Å². The molecular weight excluding hydrogens is 263 g/mol. The van der Waals surface area contributed by atoms with Crippen LogP contribution in [0.3, 0.4) is 0 Å². The van der Waals surface area contributed by atoms with Gasteiger partial charge in [-0.05, 0) is 24.0 Å². The van der Waals surface area contributed by atoms with Crippen LogP contribution in [0.4, 0.5) is 18.9 Å². The van der Waals surface area contributed by atoms with E-state index in [4.69, 9.17) is 0 Å². The van der Waals surface area contributed by atoms with Crippen LogP contribution in [0.15, 0.2) is 18.2 Å². The van der Waals surface area contributed by atoms with Gasteiger partial charge < -0.3 is 5.11 Å². The Kier molecular flexibility index (Phi) is 4.52. The molecule has 0 bridgehead atoms. The molecule has 1 aromatic rings. The Labute approximate surface area is 108 Å². The molecule has 1 unspecified atom stereocenters. The maximum absolute atomic E-state index is 12.7. The summed E-state index contributed by atoms with van der Waals surface area (Å²) < 4.78 is 38.2. The van der Waals surface area contributed by atoms with Crippen LogP contribution >= 0.6 is 0 Å². The third-order valence-corrected chi connectivity index (χ3v) is 2.78. The van der Waals surface area contributed by atoms with Gasteiger partial charge in [0.1, 0.15) is 5.56 Å². The number of hydrogen-bond acceptors (Lipinski definition) is 3. The van der Waals surface area contributed by atoms with E-state index in [-0.39, 0.29) is 17.9 Å². The number of nitro groups is 1. The number of halogens is 3. The normalized spacial score (nSPS) is 13.6. The number of rotatable bonds is 4. The maximum Gasteiger partial charge on any atom is 0.423 e. The average molecular weight is 277 g/mol. The third-order valence-electron chi connectivity index (χ3n) is 2.78. The topological polar surface area (TPSA) is 63.4 Å². The molecule has 0 saturated carbocycles. The quantitative estimate of drug-likeness (QED) is 0.679. The Hall–Kier alpha value is -1.63. The van der Waals surface area contributed by atoms with Crippen molar-refractivity contribution in [2.45, 2.75) is 32.5 Å². The van der Waals surface area contributed by atoms with Gasteiger partial charge in [-0.25, -0.2) is 0 Å². The van der Waals surface area contributed by atoms with E-state index in [1.54, 1.807) is 13.8 Å². The van der Waals surface area contributed by atoms with E-state index in [0.717, 1.165) is 12.1 Å². The van der Waals surface area contributed by atoms with Crippen LogP contribution < -0.4 is 0 Å². The Morgan fingerprint density at radius 2 is 1.95 bits per heavy atom. The fourth-order valence-electron chi connectivity index (χ4n) is 1.57. The van der Waals surface area contributed by atoms with Gasteiger partial charge in [0, 0.05) is 6.07 Å². The van der Waals surface area contributed by atoms with Crippen molar-refractivity contribution >= 4 is 5.69 Å². The zero-order valence-corrected chi connectivity index (χ0v) is 10.4. The van der Waals surface area contributed by atoms with E-state index in [9.17, 15) is 28.4 Å². The lowest BCUT2D eigenvalue weighted by Crippen LogP contribution is -2.18. The fourth-order valence-corrected chi connectivity index (χ4v) is 1.57. The second-order valence-electron chi connectivity index (χ2n) is 4.62. The summed E-state index contributed by atoms with van der Waals surface area (Å²) in [5.41, 5.74) is -2.04. The first-order valence-corrected chi connectivity index (χ1v) is 5.65. The molecule has 1 atom stereocenters. The van der Waals surface area contributed by atoms with Gasteiger partial charge in [0.05, 0.1) is 11.0 Å². The predicted octanol–water partition coefficient (Wildman–Crippen LogP) is 3.17. The van der Waals surface area contributed by atoms with Crippen LogP contribution in [0.1, 0.15) is 25.0 Å². The molecule has 1 rings (SSSR count). The van der Waals surface area contributed by atoms with Crippen molar-refractivity contribution in [2.24, 2.45) is 5.92 Å². The highest BCUT2D eigenvalue weighted by Crippen LogP contribution is 2.36. The van der Waals surface area contributed by atoms with Crippen molar-refractivity contribution in [2.75, 3.05) is 0 Å². The number of aliphatic hydroxyl groups excluding tert-OH is 1. The second-order valence-corrected chi connectivity index (χ2v) is 4.62. The van der Waals surface area contributed by atoms with E-state index >= 15 is 0 Å². The van der Waals surface area contributed by atoms with Crippen LogP contribution in [0, 0.1) is 16.0 Å². The van der Waals surface area contributed by atoms with Crippen molar-refractivity contribution < 1.29 is 23.2 Å². The van der Waals surface area contributed by atoms with Crippen LogP contribution in [0.2, 0.25) is 0 Å². The summed E-state index contributed by atoms with van der Waals surface area (Å²) in [6.45, 7) is 3.47. The Balaban J connectivity index is 3.16. The first kappa shape index (κ1) is 15.4. The summed E-state index contributed by atoms with van der Waals surface area (Å²) in [6.07, 6.45) is -5.55. The fraction of sp³-hybridized carbons (Fsp3) is 0.500. The molecular formula is C12H14F3NO3. The number of nitrogens with zero attached hydrogens (tertiary/aromatic N) is 1. The number of alkyl halides is 3. The van der Waals surface area contributed by atoms with Crippen molar-refractivity contribution in [3.63, 3.8) is 0 Å². The molecule has 1 N–H and O–H groups in total. The van der Waals surface area contributed by atoms with Gasteiger partial charge in [-0.2, -0.15) is 13.2 Å². The summed E-state index contributed by atoms with van der Waals surface area (Å²) in [6, 6.07) is 2.79. The summed E-state index contributed by atoms with van der Waals surface area (Å²) in [5, 5.41) is 20.2. The lowest BCUT2D eigenvalue weighted by molar-refractivity contribution is -0.388. The van der Waals surface area contributed by atoms with Crippen molar-refractivity contribution in [3.05, 3.63) is 39.4 Å². The van der Waals surface area contributed by atoms with Crippen molar-refractivity contribution in [1.29, 1.82) is 0 Å². The lowest BCUT2D eigenvalue weighted by atomic mass is 9.97. The first-order valence-electron chi connectivity index (χ1n) is 5.65. The van der Waals surface area contributed by atoms with Gasteiger partial charge in [0.25, 0.3) is 5.69 Å². The third kappa shape index (κ3) is 3.92. The van der Waals surface area contributed by atoms with E-state index in [1.807, 2.05) is 0 Å². The number of benzene rings is 1. The van der Waals surface area contributed by atoms with Crippen LogP contribution in [-0.2, 0) is 12.6 Å².